The molecule has 0 aliphatic carbocycles. The van der Waals surface area contributed by atoms with Gasteiger partial charge in [-0.1, -0.05) is 32.0 Å². The van der Waals surface area contributed by atoms with Crippen LogP contribution in [0.5, 0.6) is 0 Å². The third-order valence-corrected chi connectivity index (χ3v) is 3.26. The van der Waals surface area contributed by atoms with E-state index >= 15 is 0 Å². The van der Waals surface area contributed by atoms with Gasteiger partial charge in [0, 0.05) is 23.7 Å². The van der Waals surface area contributed by atoms with Gasteiger partial charge in [-0.15, -0.1) is 0 Å². The Morgan fingerprint density at radius 1 is 1.28 bits per heavy atom. The zero-order chi connectivity index (χ0) is 13.2. The molecule has 0 unspecified atom stereocenters. The van der Waals surface area contributed by atoms with Gasteiger partial charge in [0.15, 0.2) is 0 Å². The summed E-state index contributed by atoms with van der Waals surface area (Å²) in [6, 6.07) is 11.3. The molecule has 1 aromatic heterocycles. The van der Waals surface area contributed by atoms with Gasteiger partial charge in [-0.25, -0.2) is 0 Å². The first-order valence-electron chi connectivity index (χ1n) is 6.03. The van der Waals surface area contributed by atoms with E-state index in [2.05, 4.69) is 18.8 Å². The van der Waals surface area contributed by atoms with Crippen LogP contribution in [0.25, 0.3) is 0 Å². The number of hydrogen-bond acceptors (Lipinski definition) is 2. The lowest BCUT2D eigenvalue weighted by molar-refractivity contribution is 0.103. The van der Waals surface area contributed by atoms with Gasteiger partial charge in [0.05, 0.1) is 5.69 Å². The van der Waals surface area contributed by atoms with E-state index in [0.29, 0.717) is 17.8 Å². The minimum atomic E-state index is -0.119. The number of rotatable bonds is 4. The zero-order valence-corrected chi connectivity index (χ0v) is 10.7. The first kappa shape index (κ1) is 12.6. The van der Waals surface area contributed by atoms with Crippen LogP contribution in [-0.2, 0) is 5.41 Å². The van der Waals surface area contributed by atoms with Gasteiger partial charge in [-0.2, -0.15) is 0 Å². The van der Waals surface area contributed by atoms with Crippen LogP contribution in [0.1, 0.15) is 35.5 Å². The predicted octanol–water partition coefficient (Wildman–Crippen LogP) is 2.48. The summed E-state index contributed by atoms with van der Waals surface area (Å²) in [5.74, 6) is 0.00896. The van der Waals surface area contributed by atoms with Gasteiger partial charge in [0.2, 0.25) is 5.78 Å². The Bertz CT molecular complexity index is 541. The summed E-state index contributed by atoms with van der Waals surface area (Å²) in [6.07, 6.45) is 1.75. The Hall–Kier alpha value is -1.87. The van der Waals surface area contributed by atoms with E-state index in [4.69, 9.17) is 5.73 Å². The predicted molar refractivity (Wildman–Crippen MR) is 72.7 cm³/mol. The van der Waals surface area contributed by atoms with E-state index < -0.39 is 0 Å². The number of aromatic nitrogens is 1. The van der Waals surface area contributed by atoms with E-state index in [1.54, 1.807) is 12.3 Å². The lowest BCUT2D eigenvalue weighted by Gasteiger charge is -2.23. The van der Waals surface area contributed by atoms with Crippen LogP contribution in [0, 0.1) is 0 Å². The topological polar surface area (TPSA) is 58.9 Å². The standard InChI is InChI=1S/C15H18N2O/c1-15(2,10-16)12-6-3-5-11(9-12)14(18)13-7-4-8-17-13/h3-9,17H,10,16H2,1-2H3. The quantitative estimate of drug-likeness (QED) is 0.809. The maximum Gasteiger partial charge on any atom is 0.209 e. The van der Waals surface area contributed by atoms with Gasteiger partial charge in [-0.3, -0.25) is 4.79 Å². The number of H-pyrrole nitrogens is 1. The maximum atomic E-state index is 12.2. The summed E-state index contributed by atoms with van der Waals surface area (Å²) in [5.41, 5.74) is 8.03. The lowest BCUT2D eigenvalue weighted by Crippen LogP contribution is -2.28. The van der Waals surface area contributed by atoms with Crippen molar-refractivity contribution >= 4 is 5.78 Å². The summed E-state index contributed by atoms with van der Waals surface area (Å²) in [6.45, 7) is 4.70. The van der Waals surface area contributed by atoms with E-state index in [0.717, 1.165) is 5.56 Å². The molecule has 2 rings (SSSR count). The Balaban J connectivity index is 2.36. The van der Waals surface area contributed by atoms with Crippen molar-refractivity contribution < 1.29 is 4.79 Å². The van der Waals surface area contributed by atoms with Crippen molar-refractivity contribution in [1.29, 1.82) is 0 Å². The number of benzene rings is 1. The van der Waals surface area contributed by atoms with Gasteiger partial charge in [0.25, 0.3) is 0 Å². The maximum absolute atomic E-state index is 12.2. The molecule has 3 heteroatoms. The van der Waals surface area contributed by atoms with Crippen molar-refractivity contribution in [2.45, 2.75) is 19.3 Å². The molecule has 2 aromatic rings. The number of nitrogens with one attached hydrogen (secondary N) is 1. The lowest BCUT2D eigenvalue weighted by atomic mass is 9.83. The minimum Gasteiger partial charge on any atom is -0.359 e. The molecular formula is C15H18N2O. The van der Waals surface area contributed by atoms with Crippen LogP contribution in [0.4, 0.5) is 0 Å². The molecule has 18 heavy (non-hydrogen) atoms. The number of aromatic amines is 1. The Morgan fingerprint density at radius 2 is 2.06 bits per heavy atom. The molecule has 0 aliphatic heterocycles. The van der Waals surface area contributed by atoms with E-state index in [1.807, 2.05) is 30.3 Å². The second kappa shape index (κ2) is 4.78. The molecule has 3 N–H and O–H groups in total. The summed E-state index contributed by atoms with van der Waals surface area (Å²) in [4.78, 5) is 15.1. The average molecular weight is 242 g/mol. The third-order valence-electron chi connectivity index (χ3n) is 3.26. The van der Waals surface area contributed by atoms with Crippen molar-refractivity contribution in [1.82, 2.24) is 4.98 Å². The smallest absolute Gasteiger partial charge is 0.209 e. The van der Waals surface area contributed by atoms with Crippen molar-refractivity contribution in [2.75, 3.05) is 6.54 Å². The molecule has 1 heterocycles. The fourth-order valence-corrected chi connectivity index (χ4v) is 1.83. The third kappa shape index (κ3) is 2.36. The van der Waals surface area contributed by atoms with E-state index in [-0.39, 0.29) is 11.2 Å². The first-order chi connectivity index (χ1) is 8.54. The minimum absolute atomic E-state index is 0.00896. The molecule has 94 valence electrons. The summed E-state index contributed by atoms with van der Waals surface area (Å²) in [7, 11) is 0. The molecule has 0 spiro atoms. The molecule has 0 radical (unpaired) electrons. The number of nitrogens with two attached hydrogens (primary N) is 1. The number of ketones is 1. The fraction of sp³-hybridized carbons (Fsp3) is 0.267. The molecule has 0 saturated heterocycles. The largest absolute Gasteiger partial charge is 0.359 e. The summed E-state index contributed by atoms with van der Waals surface area (Å²) < 4.78 is 0. The highest BCUT2D eigenvalue weighted by Crippen LogP contribution is 2.23. The second-order valence-corrected chi connectivity index (χ2v) is 5.08. The molecule has 0 fully saturated rings. The van der Waals surface area contributed by atoms with Crippen molar-refractivity contribution in [3.63, 3.8) is 0 Å². The Kier molecular flexibility index (Phi) is 3.34. The van der Waals surface area contributed by atoms with Gasteiger partial charge < -0.3 is 10.7 Å². The average Bonchev–Trinajstić information content (AvgIpc) is 2.92. The van der Waals surface area contributed by atoms with Crippen molar-refractivity contribution in [3.8, 4) is 0 Å². The molecule has 0 saturated carbocycles. The van der Waals surface area contributed by atoms with Crippen LogP contribution in [0.2, 0.25) is 0 Å². The monoisotopic (exact) mass is 242 g/mol. The number of carbonyl (C=O) groups is 1. The van der Waals surface area contributed by atoms with Gasteiger partial charge in [-0.05, 0) is 23.8 Å². The summed E-state index contributed by atoms with van der Waals surface area (Å²) >= 11 is 0. The van der Waals surface area contributed by atoms with Crippen LogP contribution in [0.3, 0.4) is 0 Å². The fourth-order valence-electron chi connectivity index (χ4n) is 1.83. The van der Waals surface area contributed by atoms with Crippen LogP contribution >= 0.6 is 0 Å². The molecule has 3 nitrogen and oxygen atoms in total. The Labute approximate surface area is 107 Å². The van der Waals surface area contributed by atoms with Crippen LogP contribution in [0.15, 0.2) is 42.6 Å². The number of carbonyl (C=O) groups excluding carboxylic acids is 1. The molecular weight excluding hydrogens is 224 g/mol. The summed E-state index contributed by atoms with van der Waals surface area (Å²) in [5, 5.41) is 0. The normalized spacial score (nSPS) is 11.5. The first-order valence-corrected chi connectivity index (χ1v) is 6.03. The van der Waals surface area contributed by atoms with Crippen molar-refractivity contribution in [3.05, 3.63) is 59.4 Å². The molecule has 0 aliphatic rings. The van der Waals surface area contributed by atoms with Crippen LogP contribution < -0.4 is 5.73 Å². The molecule has 1 aromatic carbocycles. The molecule has 0 bridgehead atoms. The molecule has 0 amide bonds. The number of hydrogen-bond donors (Lipinski definition) is 2. The Morgan fingerprint density at radius 3 is 2.67 bits per heavy atom. The second-order valence-electron chi connectivity index (χ2n) is 5.08. The highest BCUT2D eigenvalue weighted by molar-refractivity contribution is 6.07. The van der Waals surface area contributed by atoms with Gasteiger partial charge in [0.1, 0.15) is 0 Å². The van der Waals surface area contributed by atoms with Gasteiger partial charge >= 0.3 is 0 Å². The zero-order valence-electron chi connectivity index (χ0n) is 10.7. The highest BCUT2D eigenvalue weighted by atomic mass is 16.1. The van der Waals surface area contributed by atoms with E-state index in [1.165, 1.54) is 0 Å². The highest BCUT2D eigenvalue weighted by Gasteiger charge is 2.20. The molecule has 0 atom stereocenters. The van der Waals surface area contributed by atoms with E-state index in [9.17, 15) is 4.79 Å². The van der Waals surface area contributed by atoms with Crippen LogP contribution in [-0.4, -0.2) is 17.3 Å². The van der Waals surface area contributed by atoms with Crippen molar-refractivity contribution in [2.24, 2.45) is 5.73 Å². The SMILES string of the molecule is CC(C)(CN)c1cccc(C(=O)c2ccc[nH]2)c1.